The van der Waals surface area contributed by atoms with E-state index in [-0.39, 0.29) is 5.91 Å². The summed E-state index contributed by atoms with van der Waals surface area (Å²) < 4.78 is 16.0. The summed E-state index contributed by atoms with van der Waals surface area (Å²) in [6, 6.07) is 10.4. The Kier molecular flexibility index (Phi) is 5.53. The Labute approximate surface area is 167 Å². The molecule has 0 spiro atoms. The normalized spacial score (nSPS) is 15.1. The molecule has 0 aromatic heterocycles. The van der Waals surface area contributed by atoms with Crippen molar-refractivity contribution in [2.24, 2.45) is 0 Å². The number of methoxy groups -OCH3 is 3. The zero-order valence-electron chi connectivity index (χ0n) is 14.9. The second-order valence-electron chi connectivity index (χ2n) is 5.56. The van der Waals surface area contributed by atoms with Gasteiger partial charge in [0.25, 0.3) is 5.91 Å². The monoisotopic (exact) mass is 404 g/mol. The van der Waals surface area contributed by atoms with Crippen LogP contribution in [0, 0.1) is 0 Å². The number of nitrogens with zero attached hydrogens (tertiary/aromatic N) is 1. The number of hydrogen-bond donors (Lipinski definition) is 1. The third-order valence-corrected chi connectivity index (χ3v) is 4.50. The van der Waals surface area contributed by atoms with Gasteiger partial charge in [-0.15, -0.1) is 0 Å². The van der Waals surface area contributed by atoms with E-state index in [9.17, 15) is 4.79 Å². The molecule has 1 aliphatic rings. The van der Waals surface area contributed by atoms with Gasteiger partial charge in [0.1, 0.15) is 5.70 Å². The lowest BCUT2D eigenvalue weighted by molar-refractivity contribution is -0.113. The molecule has 27 heavy (non-hydrogen) atoms. The van der Waals surface area contributed by atoms with Crippen LogP contribution in [0.4, 0.5) is 5.69 Å². The largest absolute Gasteiger partial charge is 0.493 e. The van der Waals surface area contributed by atoms with Crippen molar-refractivity contribution in [3.63, 3.8) is 0 Å². The van der Waals surface area contributed by atoms with Crippen molar-refractivity contribution in [2.75, 3.05) is 26.2 Å². The maximum Gasteiger partial charge on any atom is 0.281 e. The summed E-state index contributed by atoms with van der Waals surface area (Å²) in [6.45, 7) is 0. The van der Waals surface area contributed by atoms with Gasteiger partial charge in [0.15, 0.2) is 16.6 Å². The molecule has 0 radical (unpaired) electrons. The highest BCUT2D eigenvalue weighted by molar-refractivity contribution is 7.80. The zero-order valence-corrected chi connectivity index (χ0v) is 16.5. The van der Waals surface area contributed by atoms with Crippen LogP contribution < -0.4 is 24.4 Å². The smallest absolute Gasteiger partial charge is 0.281 e. The number of carbonyl (C=O) groups excluding carboxylic acids is 1. The van der Waals surface area contributed by atoms with Crippen molar-refractivity contribution in [1.29, 1.82) is 0 Å². The fourth-order valence-corrected chi connectivity index (χ4v) is 3.14. The minimum atomic E-state index is -0.268. The number of ether oxygens (including phenoxy) is 3. The summed E-state index contributed by atoms with van der Waals surface area (Å²) in [7, 11) is 4.60. The lowest BCUT2D eigenvalue weighted by atomic mass is 10.1. The van der Waals surface area contributed by atoms with E-state index in [1.165, 1.54) is 26.2 Å². The van der Waals surface area contributed by atoms with Gasteiger partial charge in [0.05, 0.1) is 27.0 Å². The molecular formula is C19H17ClN2O4S. The SMILES string of the molecule is COc1cc(/C=C2\NC(=S)N(c3ccc(Cl)cc3)C2=O)cc(OC)c1OC. The summed E-state index contributed by atoms with van der Waals surface area (Å²) >= 11 is 11.2. The number of amides is 1. The molecule has 2 aromatic rings. The van der Waals surface area contributed by atoms with Gasteiger partial charge in [-0.1, -0.05) is 11.6 Å². The predicted molar refractivity (Wildman–Crippen MR) is 109 cm³/mol. The van der Waals surface area contributed by atoms with Crippen molar-refractivity contribution in [2.45, 2.75) is 0 Å². The van der Waals surface area contributed by atoms with E-state index in [1.807, 2.05) is 0 Å². The third kappa shape index (κ3) is 3.70. The number of hydrogen-bond acceptors (Lipinski definition) is 5. The first kappa shape index (κ1) is 19.0. The van der Waals surface area contributed by atoms with Crippen LogP contribution in [0.15, 0.2) is 42.1 Å². The maximum atomic E-state index is 12.8. The van der Waals surface area contributed by atoms with Crippen LogP contribution in [0.2, 0.25) is 5.02 Å². The number of carbonyl (C=O) groups is 1. The molecule has 1 amide bonds. The highest BCUT2D eigenvalue weighted by Gasteiger charge is 2.32. The molecule has 0 unspecified atom stereocenters. The molecular weight excluding hydrogens is 388 g/mol. The van der Waals surface area contributed by atoms with Gasteiger partial charge in [-0.2, -0.15) is 0 Å². The average Bonchev–Trinajstić information content (AvgIpc) is 2.95. The third-order valence-electron chi connectivity index (χ3n) is 3.96. The first-order valence-electron chi connectivity index (χ1n) is 7.91. The van der Waals surface area contributed by atoms with E-state index in [4.69, 9.17) is 38.0 Å². The maximum absolute atomic E-state index is 12.8. The Hall–Kier alpha value is -2.77. The van der Waals surface area contributed by atoms with E-state index >= 15 is 0 Å². The zero-order chi connectivity index (χ0) is 19.6. The van der Waals surface area contributed by atoms with Crippen LogP contribution in [0.3, 0.4) is 0 Å². The Morgan fingerprint density at radius 3 is 2.15 bits per heavy atom. The first-order valence-corrected chi connectivity index (χ1v) is 8.69. The molecule has 0 saturated carbocycles. The van der Waals surface area contributed by atoms with Gasteiger partial charge < -0.3 is 19.5 Å². The summed E-state index contributed by atoms with van der Waals surface area (Å²) in [6.07, 6.45) is 1.68. The average molecular weight is 405 g/mol. The Morgan fingerprint density at radius 2 is 1.63 bits per heavy atom. The van der Waals surface area contributed by atoms with Crippen molar-refractivity contribution < 1.29 is 19.0 Å². The summed E-state index contributed by atoms with van der Waals surface area (Å²) in [4.78, 5) is 14.2. The fraction of sp³-hybridized carbons (Fsp3) is 0.158. The summed E-state index contributed by atoms with van der Waals surface area (Å²) in [5.41, 5.74) is 1.67. The molecule has 1 N–H and O–H groups in total. The molecule has 2 aromatic carbocycles. The van der Waals surface area contributed by atoms with E-state index < -0.39 is 0 Å². The highest BCUT2D eigenvalue weighted by atomic mass is 35.5. The van der Waals surface area contributed by atoms with E-state index in [1.54, 1.807) is 42.5 Å². The van der Waals surface area contributed by atoms with Gasteiger partial charge in [-0.25, -0.2) is 0 Å². The molecule has 1 aliphatic heterocycles. The van der Waals surface area contributed by atoms with Gasteiger partial charge in [-0.05, 0) is 60.3 Å². The molecule has 0 aliphatic carbocycles. The molecule has 3 rings (SSSR count). The van der Waals surface area contributed by atoms with Crippen LogP contribution >= 0.6 is 23.8 Å². The van der Waals surface area contributed by atoms with Crippen molar-refractivity contribution >= 4 is 46.6 Å². The van der Waals surface area contributed by atoms with E-state index in [0.717, 1.165) is 0 Å². The molecule has 1 saturated heterocycles. The van der Waals surface area contributed by atoms with Crippen molar-refractivity contribution in [3.05, 3.63) is 52.7 Å². The van der Waals surface area contributed by atoms with Crippen LogP contribution in [-0.4, -0.2) is 32.3 Å². The summed E-state index contributed by atoms with van der Waals surface area (Å²) in [5, 5.41) is 3.82. The number of benzene rings is 2. The van der Waals surface area contributed by atoms with Crippen LogP contribution in [0.5, 0.6) is 17.2 Å². The molecule has 0 atom stereocenters. The molecule has 1 fully saturated rings. The second-order valence-corrected chi connectivity index (χ2v) is 6.39. The Balaban J connectivity index is 1.97. The number of anilines is 1. The molecule has 0 bridgehead atoms. The first-order chi connectivity index (χ1) is 13.0. The quantitative estimate of drug-likeness (QED) is 0.606. The van der Waals surface area contributed by atoms with E-state index in [2.05, 4.69) is 5.32 Å². The minimum Gasteiger partial charge on any atom is -0.493 e. The Bertz CT molecular complexity index is 903. The van der Waals surface area contributed by atoms with Gasteiger partial charge in [0, 0.05) is 5.02 Å². The fourth-order valence-electron chi connectivity index (χ4n) is 2.71. The van der Waals surface area contributed by atoms with Crippen LogP contribution in [0.25, 0.3) is 6.08 Å². The number of halogens is 1. The van der Waals surface area contributed by atoms with Crippen molar-refractivity contribution in [3.8, 4) is 17.2 Å². The highest BCUT2D eigenvalue weighted by Crippen LogP contribution is 2.39. The Morgan fingerprint density at radius 1 is 1.04 bits per heavy atom. The number of nitrogens with one attached hydrogen (secondary N) is 1. The van der Waals surface area contributed by atoms with Gasteiger partial charge in [0.2, 0.25) is 5.75 Å². The molecule has 1 heterocycles. The van der Waals surface area contributed by atoms with Crippen LogP contribution in [0.1, 0.15) is 5.56 Å². The lowest BCUT2D eigenvalue weighted by Gasteiger charge is -2.14. The predicted octanol–water partition coefficient (Wildman–Crippen LogP) is 3.63. The summed E-state index contributed by atoms with van der Waals surface area (Å²) in [5.74, 6) is 1.19. The van der Waals surface area contributed by atoms with Crippen LogP contribution in [-0.2, 0) is 4.79 Å². The lowest BCUT2D eigenvalue weighted by Crippen LogP contribution is -2.30. The molecule has 6 nitrogen and oxygen atoms in total. The topological polar surface area (TPSA) is 60.0 Å². The number of thiocarbonyl (C=S) groups is 1. The standard InChI is InChI=1S/C19H17ClN2O4S/c1-24-15-9-11(10-16(25-2)17(15)26-3)8-14-18(23)22(19(27)21-14)13-6-4-12(20)5-7-13/h4-10H,1-3H3,(H,21,27)/b14-8-. The molecule has 140 valence electrons. The molecule has 8 heteroatoms. The second kappa shape index (κ2) is 7.85. The van der Waals surface area contributed by atoms with Gasteiger partial charge >= 0.3 is 0 Å². The number of rotatable bonds is 5. The minimum absolute atomic E-state index is 0.268. The van der Waals surface area contributed by atoms with Gasteiger partial charge in [-0.3, -0.25) is 9.69 Å². The van der Waals surface area contributed by atoms with E-state index in [0.29, 0.717) is 44.3 Å². The van der Waals surface area contributed by atoms with Crippen molar-refractivity contribution in [1.82, 2.24) is 5.32 Å².